The van der Waals surface area contributed by atoms with Gasteiger partial charge >= 0.3 is 5.97 Å². The van der Waals surface area contributed by atoms with Crippen LogP contribution in [0.5, 0.6) is 0 Å². The number of unbranched alkanes of at least 4 members (excludes halogenated alkanes) is 10. The quantitative estimate of drug-likeness (QED) is 0.214. The van der Waals surface area contributed by atoms with E-state index in [9.17, 15) is 10.0 Å². The molecular weight excluding hydrogens is 290 g/mol. The average Bonchev–Trinajstić information content (AvgIpc) is 2.57. The highest BCUT2D eigenvalue weighted by Crippen LogP contribution is 2.14. The largest absolute Gasteiger partial charge is 0.469 e. The van der Waals surface area contributed by atoms with Crippen molar-refractivity contribution in [1.82, 2.24) is 5.48 Å². The maximum Gasteiger partial charge on any atom is 0.305 e. The number of hydroxylamine groups is 1. The Morgan fingerprint density at radius 3 is 1.83 bits per heavy atom. The first-order valence-corrected chi connectivity index (χ1v) is 9.71. The van der Waals surface area contributed by atoms with Crippen LogP contribution in [-0.2, 0) is 9.53 Å². The van der Waals surface area contributed by atoms with Gasteiger partial charge in [-0.3, -0.25) is 4.79 Å². The van der Waals surface area contributed by atoms with E-state index in [1.807, 2.05) is 0 Å². The van der Waals surface area contributed by atoms with E-state index >= 15 is 0 Å². The fraction of sp³-hybridized carbons (Fsp3) is 0.947. The summed E-state index contributed by atoms with van der Waals surface area (Å²) in [5, 5.41) is 9.21. The molecule has 0 aromatic heterocycles. The maximum atomic E-state index is 11.0. The van der Waals surface area contributed by atoms with Crippen molar-refractivity contribution < 1.29 is 14.7 Å². The second kappa shape index (κ2) is 17.7. The van der Waals surface area contributed by atoms with Crippen molar-refractivity contribution in [2.24, 2.45) is 0 Å². The highest BCUT2D eigenvalue weighted by molar-refractivity contribution is 5.68. The van der Waals surface area contributed by atoms with Gasteiger partial charge in [0.25, 0.3) is 0 Å². The van der Waals surface area contributed by atoms with Gasteiger partial charge in [-0.2, -0.15) is 0 Å². The SMILES string of the molecule is CCCCCCCCCCC[C@H](CCCCCC(=O)OC)NO. The molecule has 0 heterocycles. The normalized spacial score (nSPS) is 12.3. The predicted octanol–water partition coefficient (Wildman–Crippen LogP) is 5.38. The molecule has 0 amide bonds. The van der Waals surface area contributed by atoms with Crippen LogP contribution in [0.2, 0.25) is 0 Å². The minimum atomic E-state index is -0.128. The van der Waals surface area contributed by atoms with Gasteiger partial charge in [-0.25, -0.2) is 5.48 Å². The lowest BCUT2D eigenvalue weighted by molar-refractivity contribution is -0.140. The Bertz CT molecular complexity index is 259. The molecule has 4 nitrogen and oxygen atoms in total. The number of rotatable bonds is 17. The summed E-state index contributed by atoms with van der Waals surface area (Å²) in [6, 6.07) is 0.206. The van der Waals surface area contributed by atoms with E-state index in [1.54, 1.807) is 0 Å². The second-order valence-electron chi connectivity index (χ2n) is 6.62. The van der Waals surface area contributed by atoms with Crippen molar-refractivity contribution in [3.05, 3.63) is 0 Å². The number of hydrogen-bond acceptors (Lipinski definition) is 4. The second-order valence-corrected chi connectivity index (χ2v) is 6.62. The minimum Gasteiger partial charge on any atom is -0.469 e. The molecule has 0 spiro atoms. The first-order valence-electron chi connectivity index (χ1n) is 9.71. The van der Waals surface area contributed by atoms with Crippen LogP contribution in [0.4, 0.5) is 0 Å². The van der Waals surface area contributed by atoms with E-state index in [0.29, 0.717) is 6.42 Å². The number of hydrogen-bond donors (Lipinski definition) is 2. The highest BCUT2D eigenvalue weighted by Gasteiger charge is 2.07. The van der Waals surface area contributed by atoms with Crippen LogP contribution in [0.3, 0.4) is 0 Å². The third kappa shape index (κ3) is 16.0. The summed E-state index contributed by atoms with van der Waals surface area (Å²) in [6.45, 7) is 2.25. The highest BCUT2D eigenvalue weighted by atomic mass is 16.5. The van der Waals surface area contributed by atoms with Crippen LogP contribution >= 0.6 is 0 Å². The lowest BCUT2D eigenvalue weighted by Crippen LogP contribution is -2.25. The summed E-state index contributed by atoms with van der Waals surface area (Å²) in [5.41, 5.74) is 2.45. The Morgan fingerprint density at radius 1 is 0.870 bits per heavy atom. The van der Waals surface area contributed by atoms with Gasteiger partial charge in [-0.05, 0) is 19.3 Å². The molecule has 4 heteroatoms. The Balaban J connectivity index is 3.36. The number of methoxy groups -OCH3 is 1. The molecule has 0 aliphatic rings. The molecule has 0 saturated carbocycles. The van der Waals surface area contributed by atoms with Gasteiger partial charge < -0.3 is 9.94 Å². The van der Waals surface area contributed by atoms with Crippen molar-refractivity contribution in [3.63, 3.8) is 0 Å². The fourth-order valence-electron chi connectivity index (χ4n) is 2.91. The number of carbonyl (C=O) groups is 1. The van der Waals surface area contributed by atoms with Gasteiger partial charge in [0.2, 0.25) is 0 Å². The van der Waals surface area contributed by atoms with Crippen molar-refractivity contribution in [3.8, 4) is 0 Å². The molecular formula is C19H39NO3. The van der Waals surface area contributed by atoms with Crippen LogP contribution in [0.15, 0.2) is 0 Å². The van der Waals surface area contributed by atoms with Gasteiger partial charge in [0, 0.05) is 12.5 Å². The molecule has 0 unspecified atom stereocenters. The Morgan fingerprint density at radius 2 is 1.35 bits per heavy atom. The van der Waals surface area contributed by atoms with E-state index < -0.39 is 0 Å². The van der Waals surface area contributed by atoms with Crippen LogP contribution in [0.1, 0.15) is 103 Å². The van der Waals surface area contributed by atoms with Gasteiger partial charge in [0.15, 0.2) is 0 Å². The summed E-state index contributed by atoms with van der Waals surface area (Å²) in [7, 11) is 1.43. The van der Waals surface area contributed by atoms with Crippen molar-refractivity contribution >= 4 is 5.97 Å². The average molecular weight is 330 g/mol. The molecule has 0 saturated heterocycles. The van der Waals surface area contributed by atoms with Crippen LogP contribution in [0, 0.1) is 0 Å². The summed E-state index contributed by atoms with van der Waals surface area (Å²) in [6.07, 6.45) is 17.5. The van der Waals surface area contributed by atoms with Crippen molar-refractivity contribution in [2.75, 3.05) is 7.11 Å². The molecule has 0 bridgehead atoms. The van der Waals surface area contributed by atoms with E-state index in [-0.39, 0.29) is 12.0 Å². The first kappa shape index (κ1) is 22.4. The minimum absolute atomic E-state index is 0.128. The molecule has 0 aromatic carbocycles. The van der Waals surface area contributed by atoms with Gasteiger partial charge in [-0.15, -0.1) is 0 Å². The van der Waals surface area contributed by atoms with E-state index in [4.69, 9.17) is 0 Å². The van der Waals surface area contributed by atoms with Crippen molar-refractivity contribution in [2.45, 2.75) is 109 Å². The Labute approximate surface area is 143 Å². The molecule has 2 N–H and O–H groups in total. The number of nitrogens with one attached hydrogen (secondary N) is 1. The Kier molecular flexibility index (Phi) is 17.3. The van der Waals surface area contributed by atoms with Crippen molar-refractivity contribution in [1.29, 1.82) is 0 Å². The zero-order chi connectivity index (χ0) is 17.2. The summed E-state index contributed by atoms with van der Waals surface area (Å²) in [5.74, 6) is -0.128. The summed E-state index contributed by atoms with van der Waals surface area (Å²) in [4.78, 5) is 11.0. The molecule has 0 radical (unpaired) electrons. The topological polar surface area (TPSA) is 58.6 Å². The molecule has 0 aliphatic heterocycles. The lowest BCUT2D eigenvalue weighted by atomic mass is 10.0. The third-order valence-corrected chi connectivity index (χ3v) is 4.50. The van der Waals surface area contributed by atoms with Gasteiger partial charge in [0.05, 0.1) is 7.11 Å². The molecule has 0 fully saturated rings. The zero-order valence-corrected chi connectivity index (χ0v) is 15.4. The standard InChI is InChI=1S/C19H39NO3/c1-3-4-5-6-7-8-9-10-12-15-18(20-22)16-13-11-14-17-19(21)23-2/h18,20,22H,3-17H2,1-2H3/t18-/m1/s1. The lowest BCUT2D eigenvalue weighted by Gasteiger charge is -2.14. The first-order chi connectivity index (χ1) is 11.2. The maximum absolute atomic E-state index is 11.0. The molecule has 0 rings (SSSR count). The van der Waals surface area contributed by atoms with Crippen LogP contribution < -0.4 is 5.48 Å². The number of esters is 1. The number of carbonyl (C=O) groups excluding carboxylic acids is 1. The van der Waals surface area contributed by atoms with E-state index in [2.05, 4.69) is 17.1 Å². The summed E-state index contributed by atoms with van der Waals surface area (Å²) < 4.78 is 4.62. The smallest absolute Gasteiger partial charge is 0.305 e. The van der Waals surface area contributed by atoms with Gasteiger partial charge in [-0.1, -0.05) is 77.6 Å². The molecule has 0 aliphatic carbocycles. The predicted molar refractivity (Wildman–Crippen MR) is 95.7 cm³/mol. The van der Waals surface area contributed by atoms with Crippen LogP contribution in [-0.4, -0.2) is 24.3 Å². The fourth-order valence-corrected chi connectivity index (χ4v) is 2.91. The van der Waals surface area contributed by atoms with Gasteiger partial charge in [0.1, 0.15) is 0 Å². The molecule has 1 atom stereocenters. The van der Waals surface area contributed by atoms with E-state index in [0.717, 1.165) is 32.1 Å². The molecule has 23 heavy (non-hydrogen) atoms. The third-order valence-electron chi connectivity index (χ3n) is 4.50. The Hall–Kier alpha value is -0.610. The zero-order valence-electron chi connectivity index (χ0n) is 15.4. The van der Waals surface area contributed by atoms with Crippen LogP contribution in [0.25, 0.3) is 0 Å². The van der Waals surface area contributed by atoms with E-state index in [1.165, 1.54) is 64.9 Å². The summed E-state index contributed by atoms with van der Waals surface area (Å²) >= 11 is 0. The monoisotopic (exact) mass is 329 g/mol. The number of ether oxygens (including phenoxy) is 1. The molecule has 0 aromatic rings. The molecule has 138 valence electrons.